The van der Waals surface area contributed by atoms with E-state index in [0.29, 0.717) is 13.0 Å². The van der Waals surface area contributed by atoms with Crippen molar-refractivity contribution in [3.63, 3.8) is 0 Å². The van der Waals surface area contributed by atoms with Crippen LogP contribution in [0.3, 0.4) is 0 Å². The number of nitrogens with zero attached hydrogens (tertiary/aromatic N) is 1. The van der Waals surface area contributed by atoms with E-state index >= 15 is 0 Å². The van der Waals surface area contributed by atoms with Crippen LogP contribution in [0, 0.1) is 30.6 Å². The molecule has 1 aromatic rings. The average Bonchev–Trinajstić information content (AvgIpc) is 2.64. The molecule has 4 heteroatoms. The molecule has 0 aliphatic carbocycles. The minimum absolute atomic E-state index is 0.189. The lowest BCUT2D eigenvalue weighted by Crippen LogP contribution is -2.37. The molecule has 0 aromatic carbocycles. The smallest absolute Gasteiger partial charge is 0.240 e. The summed E-state index contributed by atoms with van der Waals surface area (Å²) in [5.74, 6) is -0.189. The van der Waals surface area contributed by atoms with Crippen molar-refractivity contribution in [2.75, 3.05) is 0 Å². The lowest BCUT2D eigenvalue weighted by molar-refractivity contribution is -0.127. The van der Waals surface area contributed by atoms with E-state index in [4.69, 9.17) is 5.26 Å². The minimum Gasteiger partial charge on any atom is -0.350 e. The van der Waals surface area contributed by atoms with Gasteiger partial charge in [0.15, 0.2) is 0 Å². The van der Waals surface area contributed by atoms with Crippen LogP contribution >= 0.6 is 11.3 Å². The van der Waals surface area contributed by atoms with Crippen LogP contribution in [-0.4, -0.2) is 5.91 Å². The SMILES string of the molecule is CCC(C)(C#N)C(=O)NCc1cc(C)c(C)s1. The summed E-state index contributed by atoms with van der Waals surface area (Å²) < 4.78 is 0. The van der Waals surface area contributed by atoms with Crippen molar-refractivity contribution in [3.05, 3.63) is 21.4 Å². The van der Waals surface area contributed by atoms with Gasteiger partial charge >= 0.3 is 0 Å². The summed E-state index contributed by atoms with van der Waals surface area (Å²) in [5, 5.41) is 11.8. The van der Waals surface area contributed by atoms with E-state index in [1.54, 1.807) is 18.3 Å². The second-order valence-corrected chi connectivity index (χ2v) is 5.77. The molecule has 1 aromatic heterocycles. The molecule has 17 heavy (non-hydrogen) atoms. The summed E-state index contributed by atoms with van der Waals surface area (Å²) in [5.41, 5.74) is 0.333. The maximum Gasteiger partial charge on any atom is 0.240 e. The average molecular weight is 250 g/mol. The van der Waals surface area contributed by atoms with Gasteiger partial charge < -0.3 is 5.32 Å². The molecule has 0 bridgehead atoms. The van der Waals surface area contributed by atoms with Crippen LogP contribution in [0.1, 0.15) is 35.6 Å². The van der Waals surface area contributed by atoms with E-state index in [2.05, 4.69) is 31.3 Å². The third-order valence-electron chi connectivity index (χ3n) is 3.10. The molecule has 0 saturated carbocycles. The maximum atomic E-state index is 11.9. The van der Waals surface area contributed by atoms with E-state index in [9.17, 15) is 4.79 Å². The highest BCUT2D eigenvalue weighted by atomic mass is 32.1. The summed E-state index contributed by atoms with van der Waals surface area (Å²) in [6.45, 7) is 8.16. The molecule has 0 aliphatic rings. The maximum absolute atomic E-state index is 11.9. The molecule has 1 rings (SSSR count). The largest absolute Gasteiger partial charge is 0.350 e. The summed E-state index contributed by atoms with van der Waals surface area (Å²) in [7, 11) is 0. The Kier molecular flexibility index (Phi) is 4.30. The van der Waals surface area contributed by atoms with Crippen LogP contribution in [-0.2, 0) is 11.3 Å². The number of thiophene rings is 1. The molecule has 1 atom stereocenters. The number of hydrogen-bond acceptors (Lipinski definition) is 3. The van der Waals surface area contributed by atoms with Crippen molar-refractivity contribution in [2.45, 2.75) is 40.7 Å². The predicted molar refractivity (Wildman–Crippen MR) is 69.7 cm³/mol. The van der Waals surface area contributed by atoms with Gasteiger partial charge in [-0.05, 0) is 38.8 Å². The quantitative estimate of drug-likeness (QED) is 0.893. The highest BCUT2D eigenvalue weighted by Crippen LogP contribution is 2.22. The standard InChI is InChI=1S/C13H18N2OS/c1-5-13(4,8-14)12(16)15-7-11-6-9(2)10(3)17-11/h6H,5,7H2,1-4H3,(H,15,16). The Labute approximate surface area is 106 Å². The summed E-state index contributed by atoms with van der Waals surface area (Å²) in [6.07, 6.45) is 0.526. The molecule has 1 N–H and O–H groups in total. The van der Waals surface area contributed by atoms with Gasteiger partial charge in [-0.25, -0.2) is 0 Å². The fraction of sp³-hybridized carbons (Fsp3) is 0.538. The van der Waals surface area contributed by atoms with Crippen molar-refractivity contribution in [3.8, 4) is 6.07 Å². The van der Waals surface area contributed by atoms with E-state index in [0.717, 1.165) is 4.88 Å². The number of aryl methyl sites for hydroxylation is 2. The molecule has 3 nitrogen and oxygen atoms in total. The molecule has 1 heterocycles. The normalized spacial score (nSPS) is 13.8. The van der Waals surface area contributed by atoms with Crippen LogP contribution in [0.15, 0.2) is 6.07 Å². The molecule has 0 spiro atoms. The summed E-state index contributed by atoms with van der Waals surface area (Å²) in [4.78, 5) is 14.3. The third-order valence-corrected chi connectivity index (χ3v) is 4.25. The first-order valence-electron chi connectivity index (χ1n) is 5.68. The second-order valence-electron chi connectivity index (χ2n) is 4.43. The monoisotopic (exact) mass is 250 g/mol. The molecule has 1 unspecified atom stereocenters. The number of nitriles is 1. The first-order chi connectivity index (χ1) is 7.92. The summed E-state index contributed by atoms with van der Waals surface area (Å²) >= 11 is 1.68. The predicted octanol–water partition coefficient (Wildman–Crippen LogP) is 2.92. The Bertz CT molecular complexity index is 439. The third kappa shape index (κ3) is 3.07. The summed E-state index contributed by atoms with van der Waals surface area (Å²) in [6, 6.07) is 4.15. The number of nitrogens with one attached hydrogen (secondary N) is 1. The molecule has 92 valence electrons. The Morgan fingerprint density at radius 1 is 1.59 bits per heavy atom. The van der Waals surface area contributed by atoms with Gasteiger partial charge in [-0.3, -0.25) is 4.79 Å². The fourth-order valence-corrected chi connectivity index (χ4v) is 2.38. The Morgan fingerprint density at radius 3 is 2.65 bits per heavy atom. The van der Waals surface area contributed by atoms with Gasteiger partial charge in [0.25, 0.3) is 0 Å². The minimum atomic E-state index is -0.915. The first-order valence-corrected chi connectivity index (χ1v) is 6.50. The first kappa shape index (κ1) is 13.7. The number of carbonyl (C=O) groups excluding carboxylic acids is 1. The van der Waals surface area contributed by atoms with E-state index in [1.165, 1.54) is 10.4 Å². The number of amides is 1. The van der Waals surface area contributed by atoms with Gasteiger partial charge in [0.1, 0.15) is 5.41 Å². The van der Waals surface area contributed by atoms with Crippen LogP contribution in [0.4, 0.5) is 0 Å². The number of carbonyl (C=O) groups is 1. The molecule has 1 amide bonds. The van der Waals surface area contributed by atoms with Gasteiger partial charge in [-0.2, -0.15) is 5.26 Å². The van der Waals surface area contributed by atoms with Gasteiger partial charge in [0, 0.05) is 9.75 Å². The van der Waals surface area contributed by atoms with Crippen molar-refractivity contribution >= 4 is 17.2 Å². The topological polar surface area (TPSA) is 52.9 Å². The van der Waals surface area contributed by atoms with E-state index in [1.807, 2.05) is 6.92 Å². The molecular formula is C13H18N2OS. The van der Waals surface area contributed by atoms with Crippen LogP contribution < -0.4 is 5.32 Å². The van der Waals surface area contributed by atoms with Crippen LogP contribution in [0.2, 0.25) is 0 Å². The van der Waals surface area contributed by atoms with Crippen molar-refractivity contribution in [2.24, 2.45) is 5.41 Å². The second kappa shape index (κ2) is 5.33. The zero-order valence-electron chi connectivity index (χ0n) is 10.8. The molecule has 0 saturated heterocycles. The number of hydrogen-bond donors (Lipinski definition) is 1. The van der Waals surface area contributed by atoms with E-state index < -0.39 is 5.41 Å². The lowest BCUT2D eigenvalue weighted by atomic mass is 9.88. The number of rotatable bonds is 4. The molecule has 0 fully saturated rings. The van der Waals surface area contributed by atoms with Crippen LogP contribution in [0.25, 0.3) is 0 Å². The van der Waals surface area contributed by atoms with Gasteiger partial charge in [0.05, 0.1) is 12.6 Å². The van der Waals surface area contributed by atoms with Crippen molar-refractivity contribution < 1.29 is 4.79 Å². The molecular weight excluding hydrogens is 232 g/mol. The Balaban J connectivity index is 2.63. The highest BCUT2D eigenvalue weighted by Gasteiger charge is 2.30. The molecule has 0 aliphatic heterocycles. The highest BCUT2D eigenvalue weighted by molar-refractivity contribution is 7.12. The van der Waals surface area contributed by atoms with Crippen molar-refractivity contribution in [1.29, 1.82) is 5.26 Å². The zero-order valence-corrected chi connectivity index (χ0v) is 11.6. The van der Waals surface area contributed by atoms with E-state index in [-0.39, 0.29) is 5.91 Å². The zero-order chi connectivity index (χ0) is 13.1. The van der Waals surface area contributed by atoms with Gasteiger partial charge in [0.2, 0.25) is 5.91 Å². The lowest BCUT2D eigenvalue weighted by Gasteiger charge is -2.18. The van der Waals surface area contributed by atoms with Gasteiger partial charge in [-0.1, -0.05) is 6.92 Å². The molecule has 0 radical (unpaired) electrons. The van der Waals surface area contributed by atoms with Crippen LogP contribution in [0.5, 0.6) is 0 Å². The Hall–Kier alpha value is -1.34. The van der Waals surface area contributed by atoms with Gasteiger partial charge in [-0.15, -0.1) is 11.3 Å². The van der Waals surface area contributed by atoms with Crippen molar-refractivity contribution in [1.82, 2.24) is 5.32 Å². The fourth-order valence-electron chi connectivity index (χ4n) is 1.39. The Morgan fingerprint density at radius 2 is 2.24 bits per heavy atom.